The van der Waals surface area contributed by atoms with Gasteiger partial charge in [0.15, 0.2) is 0 Å². The largest absolute Gasteiger partial charge is 0.348 e. The first kappa shape index (κ1) is 19.2. The second-order valence-electron chi connectivity index (χ2n) is 8.03. The van der Waals surface area contributed by atoms with E-state index in [2.05, 4.69) is 12.2 Å². The van der Waals surface area contributed by atoms with Crippen molar-refractivity contribution >= 4 is 23.1 Å². The van der Waals surface area contributed by atoms with Crippen LogP contribution < -0.4 is 10.2 Å². The molecule has 3 rings (SSSR count). The van der Waals surface area contributed by atoms with Gasteiger partial charge in [-0.1, -0.05) is 51.8 Å². The van der Waals surface area contributed by atoms with Crippen LogP contribution in [0.1, 0.15) is 52.0 Å². The van der Waals surface area contributed by atoms with E-state index < -0.39 is 5.91 Å². The molecule has 2 aliphatic rings. The van der Waals surface area contributed by atoms with Crippen molar-refractivity contribution in [3.05, 3.63) is 35.4 Å². The summed E-state index contributed by atoms with van der Waals surface area (Å²) in [6.07, 6.45) is 4.26. The highest BCUT2D eigenvalue weighted by Crippen LogP contribution is 2.38. The van der Waals surface area contributed by atoms with E-state index in [9.17, 15) is 14.9 Å². The second kappa shape index (κ2) is 7.96. The van der Waals surface area contributed by atoms with Gasteiger partial charge in [-0.15, -0.1) is 0 Å². The molecule has 142 valence electrons. The fourth-order valence-electron chi connectivity index (χ4n) is 4.06. The number of nitrogens with zero attached hydrogens (tertiary/aromatic N) is 2. The summed E-state index contributed by atoms with van der Waals surface area (Å²) in [5, 5.41) is 12.7. The molecule has 1 N–H and O–H groups in total. The van der Waals surface area contributed by atoms with E-state index in [-0.39, 0.29) is 29.0 Å². The summed E-state index contributed by atoms with van der Waals surface area (Å²) in [5.74, 6) is -0.0189. The van der Waals surface area contributed by atoms with Crippen LogP contribution in [0.5, 0.6) is 0 Å². The molecule has 1 saturated carbocycles. The molecule has 1 fully saturated rings. The lowest BCUT2D eigenvalue weighted by Gasteiger charge is -2.29. The van der Waals surface area contributed by atoms with Gasteiger partial charge in [-0.25, -0.2) is 0 Å². The first-order valence-corrected chi connectivity index (χ1v) is 9.80. The summed E-state index contributed by atoms with van der Waals surface area (Å²) in [4.78, 5) is 27.7. The quantitative estimate of drug-likeness (QED) is 0.654. The summed E-state index contributed by atoms with van der Waals surface area (Å²) < 4.78 is 0. The molecule has 2 atom stereocenters. The SMILES string of the molecule is CC(C)CN1C(=O)C(=C(C#N)C(=O)NC2CCCCC2C)c2ccccc21. The average molecular weight is 365 g/mol. The number of para-hydroxylation sites is 1. The zero-order valence-electron chi connectivity index (χ0n) is 16.3. The minimum Gasteiger partial charge on any atom is -0.348 e. The predicted octanol–water partition coefficient (Wildman–Crippen LogP) is 3.66. The van der Waals surface area contributed by atoms with Gasteiger partial charge in [-0.3, -0.25) is 9.59 Å². The molecular weight excluding hydrogens is 338 g/mol. The molecule has 1 aliphatic heterocycles. The van der Waals surface area contributed by atoms with E-state index >= 15 is 0 Å². The molecule has 5 nitrogen and oxygen atoms in total. The Hall–Kier alpha value is -2.61. The molecule has 0 saturated heterocycles. The summed E-state index contributed by atoms with van der Waals surface area (Å²) in [6, 6.07) is 9.47. The highest BCUT2D eigenvalue weighted by Gasteiger charge is 2.37. The number of carbonyl (C=O) groups excluding carboxylic acids is 2. The van der Waals surface area contributed by atoms with Crippen LogP contribution in [0, 0.1) is 23.2 Å². The highest BCUT2D eigenvalue weighted by atomic mass is 16.2. The van der Waals surface area contributed by atoms with Gasteiger partial charge in [0.25, 0.3) is 11.8 Å². The van der Waals surface area contributed by atoms with Crippen molar-refractivity contribution in [2.45, 2.75) is 52.5 Å². The third-order valence-electron chi connectivity index (χ3n) is 5.49. The molecule has 1 heterocycles. The van der Waals surface area contributed by atoms with Gasteiger partial charge in [0.2, 0.25) is 0 Å². The van der Waals surface area contributed by atoms with Crippen LogP contribution in [0.4, 0.5) is 5.69 Å². The molecule has 0 spiro atoms. The Labute approximate surface area is 161 Å². The van der Waals surface area contributed by atoms with Gasteiger partial charge >= 0.3 is 0 Å². The van der Waals surface area contributed by atoms with Gasteiger partial charge in [-0.2, -0.15) is 5.26 Å². The van der Waals surface area contributed by atoms with Crippen LogP contribution >= 0.6 is 0 Å². The van der Waals surface area contributed by atoms with Crippen LogP contribution in [-0.4, -0.2) is 24.4 Å². The molecule has 0 bridgehead atoms. The van der Waals surface area contributed by atoms with E-state index in [1.165, 1.54) is 6.42 Å². The molecule has 1 aromatic rings. The normalized spacial score (nSPS) is 23.8. The van der Waals surface area contributed by atoms with Gasteiger partial charge in [0.1, 0.15) is 11.6 Å². The number of benzene rings is 1. The number of hydrogen-bond acceptors (Lipinski definition) is 3. The van der Waals surface area contributed by atoms with Crippen molar-refractivity contribution in [1.82, 2.24) is 5.32 Å². The number of nitrogens with one attached hydrogen (secondary N) is 1. The standard InChI is InChI=1S/C22H27N3O2/c1-14(2)13-25-19-11-7-5-9-16(19)20(22(25)27)17(12-23)21(26)24-18-10-6-4-8-15(18)3/h5,7,9,11,14-15,18H,4,6,8,10,13H2,1-3H3,(H,24,26). The summed E-state index contributed by atoms with van der Waals surface area (Å²) in [5.41, 5.74) is 1.61. The van der Waals surface area contributed by atoms with E-state index in [4.69, 9.17) is 0 Å². The molecule has 5 heteroatoms. The van der Waals surface area contributed by atoms with Crippen molar-refractivity contribution in [2.75, 3.05) is 11.4 Å². The van der Waals surface area contributed by atoms with Crippen molar-refractivity contribution in [3.63, 3.8) is 0 Å². The number of hydrogen-bond donors (Lipinski definition) is 1. The molecule has 1 aliphatic carbocycles. The Balaban J connectivity index is 1.97. The number of anilines is 1. The van der Waals surface area contributed by atoms with Gasteiger partial charge in [0.05, 0.1) is 11.3 Å². The lowest BCUT2D eigenvalue weighted by Crippen LogP contribution is -2.42. The number of carbonyl (C=O) groups is 2. The maximum atomic E-state index is 13.1. The van der Waals surface area contributed by atoms with Crippen molar-refractivity contribution < 1.29 is 9.59 Å². The summed E-state index contributed by atoms with van der Waals surface area (Å²) >= 11 is 0. The topological polar surface area (TPSA) is 73.2 Å². The number of amides is 2. The predicted molar refractivity (Wildman–Crippen MR) is 106 cm³/mol. The van der Waals surface area contributed by atoms with Gasteiger partial charge in [-0.05, 0) is 30.7 Å². The second-order valence-corrected chi connectivity index (χ2v) is 8.03. The van der Waals surface area contributed by atoms with Crippen LogP contribution in [0.2, 0.25) is 0 Å². The molecule has 2 unspecified atom stereocenters. The average Bonchev–Trinajstić information content (AvgIpc) is 2.90. The number of nitriles is 1. The van der Waals surface area contributed by atoms with E-state index in [0.717, 1.165) is 24.9 Å². The monoisotopic (exact) mass is 365 g/mol. The first-order chi connectivity index (χ1) is 12.9. The highest BCUT2D eigenvalue weighted by molar-refractivity contribution is 6.37. The molecular formula is C22H27N3O2. The molecule has 0 aromatic heterocycles. The minimum atomic E-state index is -0.430. The van der Waals surface area contributed by atoms with Crippen molar-refractivity contribution in [2.24, 2.45) is 11.8 Å². The Morgan fingerprint density at radius 1 is 1.30 bits per heavy atom. The van der Waals surface area contributed by atoms with Crippen LogP contribution in [0.3, 0.4) is 0 Å². The lowest BCUT2D eigenvalue weighted by atomic mass is 9.85. The molecule has 0 radical (unpaired) electrons. The lowest BCUT2D eigenvalue weighted by molar-refractivity contribution is -0.119. The zero-order valence-corrected chi connectivity index (χ0v) is 16.3. The Morgan fingerprint density at radius 3 is 2.67 bits per heavy atom. The van der Waals surface area contributed by atoms with E-state index in [0.29, 0.717) is 18.0 Å². The summed E-state index contributed by atoms with van der Waals surface area (Å²) in [7, 11) is 0. The summed E-state index contributed by atoms with van der Waals surface area (Å²) in [6.45, 7) is 6.77. The Kier molecular flexibility index (Phi) is 5.65. The molecule has 2 amide bonds. The van der Waals surface area contributed by atoms with Gasteiger partial charge in [0, 0.05) is 18.2 Å². The number of rotatable bonds is 4. The first-order valence-electron chi connectivity index (χ1n) is 9.80. The molecule has 1 aromatic carbocycles. The van der Waals surface area contributed by atoms with Crippen molar-refractivity contribution in [1.29, 1.82) is 5.26 Å². The van der Waals surface area contributed by atoms with Crippen LogP contribution in [0.15, 0.2) is 29.8 Å². The number of fused-ring (bicyclic) bond motifs is 1. The molecule has 27 heavy (non-hydrogen) atoms. The Morgan fingerprint density at radius 2 is 2.00 bits per heavy atom. The maximum Gasteiger partial charge on any atom is 0.263 e. The van der Waals surface area contributed by atoms with Crippen molar-refractivity contribution in [3.8, 4) is 6.07 Å². The van der Waals surface area contributed by atoms with E-state index in [1.807, 2.05) is 44.2 Å². The fourth-order valence-corrected chi connectivity index (χ4v) is 4.06. The third-order valence-corrected chi connectivity index (χ3v) is 5.49. The van der Waals surface area contributed by atoms with Gasteiger partial charge < -0.3 is 10.2 Å². The van der Waals surface area contributed by atoms with Crippen LogP contribution in [-0.2, 0) is 9.59 Å². The Bertz CT molecular complexity index is 819. The maximum absolute atomic E-state index is 13.1. The third kappa shape index (κ3) is 3.75. The fraction of sp³-hybridized carbons (Fsp3) is 0.500. The van der Waals surface area contributed by atoms with E-state index in [1.54, 1.807) is 4.90 Å². The zero-order chi connectivity index (χ0) is 19.6. The smallest absolute Gasteiger partial charge is 0.263 e. The minimum absolute atomic E-state index is 0.0636. The van der Waals surface area contributed by atoms with Crippen LogP contribution in [0.25, 0.3) is 5.57 Å².